The van der Waals surface area contributed by atoms with E-state index in [1.165, 1.54) is 53.2 Å². The molecule has 0 radical (unpaired) electrons. The zero-order valence-electron chi connectivity index (χ0n) is 29.8. The second-order valence-electron chi connectivity index (χ2n) is 14.1. The molecule has 2 nitrogen and oxygen atoms in total. The zero-order valence-corrected chi connectivity index (χ0v) is 30.6. The Labute approximate surface area is 322 Å². The molecule has 2 heterocycles. The number of benzene rings is 9. The molecule has 0 atom stereocenters. The van der Waals surface area contributed by atoms with E-state index >= 15 is 0 Å². The Morgan fingerprint density at radius 3 is 1.84 bits per heavy atom. The van der Waals surface area contributed by atoms with E-state index in [4.69, 9.17) is 4.42 Å². The van der Waals surface area contributed by atoms with Crippen LogP contribution in [0.4, 0.5) is 17.1 Å². The summed E-state index contributed by atoms with van der Waals surface area (Å²) in [7, 11) is 0. The normalized spacial score (nSPS) is 11.6. The molecular formula is C52H33NOS. The summed E-state index contributed by atoms with van der Waals surface area (Å²) in [5, 5.41) is 7.24. The van der Waals surface area contributed by atoms with Crippen LogP contribution in [0.5, 0.6) is 0 Å². The highest BCUT2D eigenvalue weighted by Crippen LogP contribution is 2.46. The molecule has 0 aliphatic heterocycles. The lowest BCUT2D eigenvalue weighted by molar-refractivity contribution is 0.670. The first-order valence-corrected chi connectivity index (χ1v) is 19.5. The maximum absolute atomic E-state index is 7.08. The largest absolute Gasteiger partial charge is 0.453 e. The molecule has 0 saturated heterocycles. The van der Waals surface area contributed by atoms with Crippen molar-refractivity contribution in [1.82, 2.24) is 0 Å². The smallest absolute Gasteiger partial charge is 0.159 e. The SMILES string of the molecule is c1ccc(-c2ccc(-c3cccc4c3oc3c(N(c5cccc(-c6cccc7ccccc67)c5)c5ccc6c(c5)sc5ccccc56)cccc34)cc2)cc1. The number of anilines is 3. The molecule has 0 amide bonds. The molecule has 2 aromatic heterocycles. The van der Waals surface area contributed by atoms with Crippen LogP contribution in [0.15, 0.2) is 205 Å². The van der Waals surface area contributed by atoms with Crippen LogP contribution in [0.3, 0.4) is 0 Å². The van der Waals surface area contributed by atoms with Gasteiger partial charge in [0, 0.05) is 47.9 Å². The summed E-state index contributed by atoms with van der Waals surface area (Å²) in [6.45, 7) is 0. The van der Waals surface area contributed by atoms with Crippen molar-refractivity contribution in [1.29, 1.82) is 0 Å². The molecule has 0 aliphatic carbocycles. The first-order valence-electron chi connectivity index (χ1n) is 18.7. The highest BCUT2D eigenvalue weighted by Gasteiger charge is 2.22. The Hall–Kier alpha value is -6.94. The van der Waals surface area contributed by atoms with Crippen LogP contribution in [0, 0.1) is 0 Å². The van der Waals surface area contributed by atoms with Gasteiger partial charge in [0.1, 0.15) is 5.58 Å². The van der Waals surface area contributed by atoms with Crippen molar-refractivity contribution in [2.24, 2.45) is 0 Å². The van der Waals surface area contributed by atoms with Crippen LogP contribution in [0.1, 0.15) is 0 Å². The summed E-state index contributed by atoms with van der Waals surface area (Å²) < 4.78 is 9.63. The van der Waals surface area contributed by atoms with E-state index in [0.717, 1.165) is 50.1 Å². The fraction of sp³-hybridized carbons (Fsp3) is 0. The van der Waals surface area contributed by atoms with Crippen molar-refractivity contribution >= 4 is 81.3 Å². The van der Waals surface area contributed by atoms with Crippen LogP contribution in [-0.4, -0.2) is 0 Å². The van der Waals surface area contributed by atoms with Crippen molar-refractivity contribution in [3.63, 3.8) is 0 Å². The average molecular weight is 720 g/mol. The van der Waals surface area contributed by atoms with Gasteiger partial charge in [-0.05, 0) is 75.0 Å². The average Bonchev–Trinajstić information content (AvgIpc) is 3.83. The Balaban J connectivity index is 1.11. The topological polar surface area (TPSA) is 16.4 Å². The summed E-state index contributed by atoms with van der Waals surface area (Å²) in [6.07, 6.45) is 0. The predicted molar refractivity (Wildman–Crippen MR) is 235 cm³/mol. The number of nitrogens with zero attached hydrogens (tertiary/aromatic N) is 1. The maximum atomic E-state index is 7.08. The Morgan fingerprint density at radius 2 is 0.945 bits per heavy atom. The van der Waals surface area contributed by atoms with E-state index in [-0.39, 0.29) is 0 Å². The number of hydrogen-bond donors (Lipinski definition) is 0. The van der Waals surface area contributed by atoms with Crippen LogP contribution in [0.2, 0.25) is 0 Å². The molecule has 55 heavy (non-hydrogen) atoms. The molecular weight excluding hydrogens is 687 g/mol. The highest BCUT2D eigenvalue weighted by atomic mass is 32.1. The van der Waals surface area contributed by atoms with Gasteiger partial charge in [0.15, 0.2) is 5.58 Å². The Morgan fingerprint density at radius 1 is 0.345 bits per heavy atom. The van der Waals surface area contributed by atoms with Gasteiger partial charge < -0.3 is 9.32 Å². The maximum Gasteiger partial charge on any atom is 0.159 e. The molecule has 0 spiro atoms. The van der Waals surface area contributed by atoms with Gasteiger partial charge in [-0.3, -0.25) is 0 Å². The number of rotatable bonds is 6. The van der Waals surface area contributed by atoms with E-state index in [1.807, 2.05) is 11.3 Å². The summed E-state index contributed by atoms with van der Waals surface area (Å²) in [5.74, 6) is 0. The Kier molecular flexibility index (Phi) is 7.39. The van der Waals surface area contributed by atoms with E-state index in [9.17, 15) is 0 Å². The van der Waals surface area contributed by atoms with Crippen LogP contribution >= 0.6 is 11.3 Å². The zero-order chi connectivity index (χ0) is 36.3. The summed E-state index contributed by atoms with van der Waals surface area (Å²) >= 11 is 1.84. The minimum atomic E-state index is 0.859. The molecule has 0 saturated carbocycles. The second-order valence-corrected chi connectivity index (χ2v) is 15.2. The molecule has 0 unspecified atom stereocenters. The van der Waals surface area contributed by atoms with Crippen LogP contribution in [-0.2, 0) is 0 Å². The lowest BCUT2D eigenvalue weighted by Gasteiger charge is -2.26. The van der Waals surface area contributed by atoms with Gasteiger partial charge in [0.25, 0.3) is 0 Å². The van der Waals surface area contributed by atoms with E-state index in [2.05, 4.69) is 205 Å². The molecule has 0 fully saturated rings. The van der Waals surface area contributed by atoms with Gasteiger partial charge in [-0.2, -0.15) is 0 Å². The lowest BCUT2D eigenvalue weighted by Crippen LogP contribution is -2.10. The fourth-order valence-corrected chi connectivity index (χ4v) is 9.39. The predicted octanol–water partition coefficient (Wildman–Crippen LogP) is 15.6. The molecule has 0 N–H and O–H groups in total. The standard InChI is InChI=1S/C52H33NOS/c1-2-12-34(13-3-1)35-26-28-37(29-27-35)43-21-10-22-46-47-23-11-24-48(52(47)54-51(43)46)53(40-30-31-45-44-19-6-7-25-49(44)55-50(45)33-40)39-17-8-16-38(32-39)42-20-9-15-36-14-4-5-18-41(36)42/h1-33H. The van der Waals surface area contributed by atoms with Crippen LogP contribution < -0.4 is 4.90 Å². The summed E-state index contributed by atoms with van der Waals surface area (Å²) in [4.78, 5) is 2.37. The third kappa shape index (κ3) is 5.32. The van der Waals surface area contributed by atoms with Gasteiger partial charge in [0.2, 0.25) is 0 Å². The van der Waals surface area contributed by atoms with Crippen LogP contribution in [0.25, 0.3) is 86.3 Å². The Bertz CT molecular complexity index is 3200. The van der Waals surface area contributed by atoms with Gasteiger partial charge >= 0.3 is 0 Å². The molecule has 258 valence electrons. The van der Waals surface area contributed by atoms with Crippen molar-refractivity contribution in [3.8, 4) is 33.4 Å². The summed E-state index contributed by atoms with van der Waals surface area (Å²) in [5.41, 5.74) is 11.9. The van der Waals surface area contributed by atoms with Gasteiger partial charge in [-0.15, -0.1) is 11.3 Å². The lowest BCUT2D eigenvalue weighted by atomic mass is 9.97. The van der Waals surface area contributed by atoms with Crippen molar-refractivity contribution < 1.29 is 4.42 Å². The third-order valence-corrected chi connectivity index (χ3v) is 12.0. The number of fused-ring (bicyclic) bond motifs is 7. The molecule has 11 aromatic rings. The minimum Gasteiger partial charge on any atom is -0.453 e. The van der Waals surface area contributed by atoms with Crippen molar-refractivity contribution in [2.75, 3.05) is 4.90 Å². The van der Waals surface area contributed by atoms with E-state index < -0.39 is 0 Å². The van der Waals surface area contributed by atoms with E-state index in [0.29, 0.717) is 0 Å². The first-order chi connectivity index (χ1) is 27.3. The summed E-state index contributed by atoms with van der Waals surface area (Å²) in [6, 6.07) is 72.0. The number of para-hydroxylation sites is 2. The van der Waals surface area contributed by atoms with E-state index in [1.54, 1.807) is 0 Å². The molecule has 11 rings (SSSR count). The van der Waals surface area contributed by atoms with Gasteiger partial charge in [0.05, 0.1) is 5.69 Å². The third-order valence-electron chi connectivity index (χ3n) is 10.9. The quantitative estimate of drug-likeness (QED) is 0.170. The second kappa shape index (κ2) is 12.9. The number of thiophene rings is 1. The highest BCUT2D eigenvalue weighted by molar-refractivity contribution is 7.25. The van der Waals surface area contributed by atoms with Crippen molar-refractivity contribution in [3.05, 3.63) is 200 Å². The number of furan rings is 1. The van der Waals surface area contributed by atoms with Gasteiger partial charge in [-0.25, -0.2) is 0 Å². The monoisotopic (exact) mass is 719 g/mol. The number of hydrogen-bond acceptors (Lipinski definition) is 3. The minimum absolute atomic E-state index is 0.859. The molecule has 0 bridgehead atoms. The van der Waals surface area contributed by atoms with Crippen molar-refractivity contribution in [2.45, 2.75) is 0 Å². The fourth-order valence-electron chi connectivity index (χ4n) is 8.25. The molecule has 9 aromatic carbocycles. The van der Waals surface area contributed by atoms with Gasteiger partial charge in [-0.1, -0.05) is 164 Å². The first kappa shape index (κ1) is 31.6. The molecule has 0 aliphatic rings. The molecule has 3 heteroatoms.